The summed E-state index contributed by atoms with van der Waals surface area (Å²) in [6.07, 6.45) is 4.12. The lowest BCUT2D eigenvalue weighted by Gasteiger charge is -2.32. The Hall–Kier alpha value is -2.99. The lowest BCUT2D eigenvalue weighted by molar-refractivity contribution is 0.111. The molecule has 4 rings (SSSR count). The number of benzene rings is 2. The predicted octanol–water partition coefficient (Wildman–Crippen LogP) is 5.36. The normalized spacial score (nSPS) is 13.1. The van der Waals surface area contributed by atoms with Crippen LogP contribution in [0, 0.1) is 11.6 Å². The maximum Gasteiger partial charge on any atom is 0.168 e. The Labute approximate surface area is 178 Å². The Morgan fingerprint density at radius 2 is 2.00 bits per heavy atom. The molecule has 0 amide bonds. The average molecular weight is 429 g/mol. The maximum atomic E-state index is 13.9. The van der Waals surface area contributed by atoms with E-state index < -0.39 is 11.6 Å². The van der Waals surface area contributed by atoms with Gasteiger partial charge in [-0.3, -0.25) is 9.78 Å². The Balaban J connectivity index is 1.58. The largest absolute Gasteiger partial charge is 0.488 e. The molecule has 0 saturated carbocycles. The van der Waals surface area contributed by atoms with Crippen LogP contribution in [0.25, 0.3) is 0 Å². The van der Waals surface area contributed by atoms with Crippen LogP contribution in [0.5, 0.6) is 5.75 Å². The van der Waals surface area contributed by atoms with Crippen molar-refractivity contribution in [1.29, 1.82) is 0 Å². The first kappa shape index (κ1) is 20.3. The summed E-state index contributed by atoms with van der Waals surface area (Å²) in [7, 11) is 0. The molecule has 0 aliphatic carbocycles. The molecule has 0 radical (unpaired) electrons. The fourth-order valence-electron chi connectivity index (χ4n) is 3.70. The molecule has 30 heavy (non-hydrogen) atoms. The molecule has 0 atom stereocenters. The molecule has 154 valence electrons. The number of carbonyl (C=O) groups excluding carboxylic acids is 1. The number of ether oxygens (including phenoxy) is 1. The van der Waals surface area contributed by atoms with Crippen LogP contribution in [0.2, 0.25) is 5.02 Å². The fraction of sp³-hybridized carbons (Fsp3) is 0.217. The number of carbonyl (C=O) groups is 1. The van der Waals surface area contributed by atoms with Crippen LogP contribution in [0.1, 0.15) is 33.6 Å². The van der Waals surface area contributed by atoms with Crippen molar-refractivity contribution < 1.29 is 18.3 Å². The lowest BCUT2D eigenvalue weighted by atomic mass is 10.00. The first-order valence-electron chi connectivity index (χ1n) is 9.58. The van der Waals surface area contributed by atoms with Gasteiger partial charge < -0.3 is 9.64 Å². The van der Waals surface area contributed by atoms with Crippen LogP contribution in [0.4, 0.5) is 14.5 Å². The number of aldehydes is 1. The molecule has 3 aromatic rings. The SMILES string of the molecule is O=Cc1nccc2c1CCCN2Cc1cc(Cl)ccc1OCc1ccc(F)cc1F. The summed E-state index contributed by atoms with van der Waals surface area (Å²) in [4.78, 5) is 17.7. The second-order valence-electron chi connectivity index (χ2n) is 7.11. The highest BCUT2D eigenvalue weighted by molar-refractivity contribution is 6.30. The third kappa shape index (κ3) is 4.28. The van der Waals surface area contributed by atoms with Gasteiger partial charge in [-0.2, -0.15) is 0 Å². The molecule has 1 aliphatic heterocycles. The Morgan fingerprint density at radius 1 is 1.13 bits per heavy atom. The van der Waals surface area contributed by atoms with E-state index in [2.05, 4.69) is 9.88 Å². The third-order valence-corrected chi connectivity index (χ3v) is 5.39. The molecule has 1 aliphatic rings. The van der Waals surface area contributed by atoms with E-state index in [0.29, 0.717) is 23.0 Å². The van der Waals surface area contributed by atoms with Crippen molar-refractivity contribution in [1.82, 2.24) is 4.98 Å². The quantitative estimate of drug-likeness (QED) is 0.496. The minimum Gasteiger partial charge on any atom is -0.488 e. The van der Waals surface area contributed by atoms with Gasteiger partial charge in [0.15, 0.2) is 6.29 Å². The molecule has 0 unspecified atom stereocenters. The van der Waals surface area contributed by atoms with E-state index in [-0.39, 0.29) is 12.2 Å². The molecule has 2 heterocycles. The molecular weight excluding hydrogens is 410 g/mol. The number of rotatable bonds is 6. The number of pyridine rings is 1. The van der Waals surface area contributed by atoms with E-state index in [9.17, 15) is 13.6 Å². The second kappa shape index (κ2) is 8.79. The van der Waals surface area contributed by atoms with E-state index in [4.69, 9.17) is 16.3 Å². The van der Waals surface area contributed by atoms with Crippen LogP contribution < -0.4 is 9.64 Å². The zero-order valence-corrected chi connectivity index (χ0v) is 16.8. The number of aromatic nitrogens is 1. The van der Waals surface area contributed by atoms with Gasteiger partial charge >= 0.3 is 0 Å². The highest BCUT2D eigenvalue weighted by Crippen LogP contribution is 2.32. The van der Waals surface area contributed by atoms with Gasteiger partial charge in [0.05, 0.1) is 0 Å². The lowest BCUT2D eigenvalue weighted by Crippen LogP contribution is -2.30. The summed E-state index contributed by atoms with van der Waals surface area (Å²) >= 11 is 6.21. The van der Waals surface area contributed by atoms with Crippen molar-refractivity contribution in [2.45, 2.75) is 26.0 Å². The molecular formula is C23H19ClF2N2O2. The van der Waals surface area contributed by atoms with Crippen LogP contribution in [0.3, 0.4) is 0 Å². The summed E-state index contributed by atoms with van der Waals surface area (Å²) in [5.41, 5.74) is 3.47. The van der Waals surface area contributed by atoms with E-state index in [1.807, 2.05) is 12.1 Å². The summed E-state index contributed by atoms with van der Waals surface area (Å²) in [5, 5.41) is 0.561. The topological polar surface area (TPSA) is 42.4 Å². The maximum absolute atomic E-state index is 13.9. The van der Waals surface area contributed by atoms with E-state index in [0.717, 1.165) is 48.6 Å². The molecule has 2 aromatic carbocycles. The number of halogens is 3. The zero-order chi connectivity index (χ0) is 21.1. The summed E-state index contributed by atoms with van der Waals surface area (Å²) in [6, 6.07) is 10.6. The first-order valence-corrected chi connectivity index (χ1v) is 9.96. The third-order valence-electron chi connectivity index (χ3n) is 5.15. The molecule has 0 spiro atoms. The van der Waals surface area contributed by atoms with Gasteiger partial charge in [-0.05, 0) is 49.2 Å². The zero-order valence-electron chi connectivity index (χ0n) is 16.1. The molecule has 0 fully saturated rings. The molecule has 0 bridgehead atoms. The smallest absolute Gasteiger partial charge is 0.168 e. The van der Waals surface area contributed by atoms with E-state index in [1.165, 1.54) is 12.1 Å². The summed E-state index contributed by atoms with van der Waals surface area (Å²) in [6.45, 7) is 1.29. The fourth-order valence-corrected chi connectivity index (χ4v) is 3.89. The van der Waals surface area contributed by atoms with Crippen molar-refractivity contribution in [2.24, 2.45) is 0 Å². The Morgan fingerprint density at radius 3 is 2.80 bits per heavy atom. The molecule has 4 nitrogen and oxygen atoms in total. The Kier molecular flexibility index (Phi) is 5.95. The van der Waals surface area contributed by atoms with Crippen LogP contribution in [0.15, 0.2) is 48.7 Å². The van der Waals surface area contributed by atoms with Crippen molar-refractivity contribution in [2.75, 3.05) is 11.4 Å². The van der Waals surface area contributed by atoms with Crippen LogP contribution >= 0.6 is 11.6 Å². The van der Waals surface area contributed by atoms with Gasteiger partial charge in [-0.1, -0.05) is 11.6 Å². The van der Waals surface area contributed by atoms with E-state index >= 15 is 0 Å². The van der Waals surface area contributed by atoms with Crippen molar-refractivity contribution in [3.63, 3.8) is 0 Å². The highest BCUT2D eigenvalue weighted by atomic mass is 35.5. The van der Waals surface area contributed by atoms with Crippen LogP contribution in [-0.2, 0) is 19.6 Å². The number of hydrogen-bond acceptors (Lipinski definition) is 4. The van der Waals surface area contributed by atoms with Gasteiger partial charge in [0.25, 0.3) is 0 Å². The van der Waals surface area contributed by atoms with Gasteiger partial charge in [0.1, 0.15) is 29.7 Å². The highest BCUT2D eigenvalue weighted by Gasteiger charge is 2.21. The number of anilines is 1. The van der Waals surface area contributed by atoms with Gasteiger partial charge in [0.2, 0.25) is 0 Å². The van der Waals surface area contributed by atoms with Gasteiger partial charge in [0, 0.05) is 52.8 Å². The van der Waals surface area contributed by atoms with Crippen molar-refractivity contribution >= 4 is 23.6 Å². The average Bonchev–Trinajstić information content (AvgIpc) is 2.74. The van der Waals surface area contributed by atoms with Crippen molar-refractivity contribution in [3.8, 4) is 5.75 Å². The minimum atomic E-state index is -0.649. The summed E-state index contributed by atoms with van der Waals surface area (Å²) in [5.74, 6) is -0.708. The van der Waals surface area contributed by atoms with Crippen LogP contribution in [-0.4, -0.2) is 17.8 Å². The first-order chi connectivity index (χ1) is 14.5. The number of hydrogen-bond donors (Lipinski definition) is 0. The molecule has 7 heteroatoms. The number of fused-ring (bicyclic) bond motifs is 1. The second-order valence-corrected chi connectivity index (χ2v) is 7.55. The van der Waals surface area contributed by atoms with E-state index in [1.54, 1.807) is 18.3 Å². The minimum absolute atomic E-state index is 0.0312. The monoisotopic (exact) mass is 428 g/mol. The Bertz CT molecular complexity index is 1090. The summed E-state index contributed by atoms with van der Waals surface area (Å²) < 4.78 is 32.9. The molecule has 0 saturated heterocycles. The number of nitrogens with zero attached hydrogens (tertiary/aromatic N) is 2. The van der Waals surface area contributed by atoms with Crippen molar-refractivity contribution in [3.05, 3.63) is 87.7 Å². The van der Waals surface area contributed by atoms with Gasteiger partial charge in [-0.15, -0.1) is 0 Å². The van der Waals surface area contributed by atoms with Gasteiger partial charge in [-0.25, -0.2) is 8.78 Å². The predicted molar refractivity (Wildman–Crippen MR) is 111 cm³/mol. The molecule has 0 N–H and O–H groups in total. The standard InChI is InChI=1S/C23H19ClF2N2O2/c24-17-4-6-23(30-14-15-3-5-18(25)11-20(15)26)16(10-17)12-28-9-1-2-19-21(13-29)27-8-7-22(19)28/h3-8,10-11,13H,1-2,9,12,14H2. The molecule has 1 aromatic heterocycles.